The van der Waals surface area contributed by atoms with Crippen LogP contribution < -0.4 is 4.89 Å². The summed E-state index contributed by atoms with van der Waals surface area (Å²) in [5.74, 6) is -0.845. The Balaban J connectivity index is 4.47. The van der Waals surface area contributed by atoms with Gasteiger partial charge in [-0.25, -0.2) is 0 Å². The van der Waals surface area contributed by atoms with E-state index in [0.717, 1.165) is 57.8 Å². The number of hydrogen-bond donors (Lipinski definition) is 0. The molecule has 10 heteroatoms. The van der Waals surface area contributed by atoms with Crippen molar-refractivity contribution in [3.8, 4) is 0 Å². The minimum absolute atomic E-state index is 0.0299. The fourth-order valence-corrected chi connectivity index (χ4v) is 5.54. The Kier molecular flexibility index (Phi) is 29.0. The summed E-state index contributed by atoms with van der Waals surface area (Å²) >= 11 is 0. The van der Waals surface area contributed by atoms with E-state index < -0.39 is 26.5 Å². The number of quaternary nitrogens is 1. The van der Waals surface area contributed by atoms with Crippen molar-refractivity contribution >= 4 is 19.8 Å². The largest absolute Gasteiger partial charge is 0.756 e. The van der Waals surface area contributed by atoms with Crippen molar-refractivity contribution in [2.24, 2.45) is 0 Å². The van der Waals surface area contributed by atoms with Gasteiger partial charge in [-0.15, -0.1) is 0 Å². The van der Waals surface area contributed by atoms with E-state index in [9.17, 15) is 19.0 Å². The van der Waals surface area contributed by atoms with Gasteiger partial charge < -0.3 is 27.9 Å². The van der Waals surface area contributed by atoms with Crippen LogP contribution in [0.5, 0.6) is 0 Å². The van der Waals surface area contributed by atoms with Crippen molar-refractivity contribution < 1.29 is 42.1 Å². The maximum atomic E-state index is 12.5. The minimum Gasteiger partial charge on any atom is -0.756 e. The zero-order chi connectivity index (χ0) is 34.4. The number of unbranched alkanes of at least 4 members (excludes halogenated alkanes) is 17. The second kappa shape index (κ2) is 29.9. The van der Waals surface area contributed by atoms with Gasteiger partial charge in [0.05, 0.1) is 27.7 Å². The van der Waals surface area contributed by atoms with Crippen LogP contribution in [0.4, 0.5) is 0 Å². The number of phosphoric acid groups is 1. The quantitative estimate of drug-likeness (QED) is 0.0223. The molecule has 0 aliphatic heterocycles. The van der Waals surface area contributed by atoms with Crippen LogP contribution in [0.15, 0.2) is 12.2 Å². The highest BCUT2D eigenvalue weighted by Gasteiger charge is 2.21. The van der Waals surface area contributed by atoms with Crippen LogP contribution >= 0.6 is 7.82 Å². The summed E-state index contributed by atoms with van der Waals surface area (Å²) in [6.07, 6.45) is 26.7. The van der Waals surface area contributed by atoms with Crippen LogP contribution in [0.1, 0.15) is 155 Å². The van der Waals surface area contributed by atoms with E-state index in [1.807, 2.05) is 21.1 Å². The van der Waals surface area contributed by atoms with Gasteiger partial charge >= 0.3 is 11.9 Å². The molecule has 272 valence electrons. The molecule has 0 saturated heterocycles. The Morgan fingerprint density at radius 1 is 0.652 bits per heavy atom. The van der Waals surface area contributed by atoms with E-state index in [2.05, 4.69) is 26.0 Å². The molecular formula is C36H70NO8P. The Morgan fingerprint density at radius 2 is 1.13 bits per heavy atom. The zero-order valence-corrected chi connectivity index (χ0v) is 31.2. The highest BCUT2D eigenvalue weighted by atomic mass is 31.2. The predicted octanol–water partition coefficient (Wildman–Crippen LogP) is 8.83. The van der Waals surface area contributed by atoms with Gasteiger partial charge in [-0.05, 0) is 32.1 Å². The molecule has 0 heterocycles. The molecule has 1 unspecified atom stereocenters. The topological polar surface area (TPSA) is 111 Å². The third-order valence-corrected chi connectivity index (χ3v) is 8.75. The fourth-order valence-electron chi connectivity index (χ4n) is 4.81. The number of esters is 2. The maximum absolute atomic E-state index is 12.5. The SMILES string of the molecule is CCCC/C=C/CCCCCCCC(=O)O[C@H](COC(=O)CCCCCCCCCCCCC)COP(=O)([O-])OCC[N+](C)(C)C. The van der Waals surface area contributed by atoms with E-state index >= 15 is 0 Å². The van der Waals surface area contributed by atoms with Gasteiger partial charge in [-0.3, -0.25) is 14.2 Å². The third-order valence-electron chi connectivity index (χ3n) is 7.79. The van der Waals surface area contributed by atoms with Crippen molar-refractivity contribution in [2.45, 2.75) is 161 Å². The molecule has 2 atom stereocenters. The predicted molar refractivity (Wildman–Crippen MR) is 185 cm³/mol. The van der Waals surface area contributed by atoms with Gasteiger partial charge in [0.15, 0.2) is 6.10 Å². The van der Waals surface area contributed by atoms with Crippen molar-refractivity contribution in [1.29, 1.82) is 0 Å². The Morgan fingerprint density at radius 3 is 1.67 bits per heavy atom. The molecule has 0 aromatic carbocycles. The lowest BCUT2D eigenvalue weighted by Gasteiger charge is -2.28. The second-order valence-corrected chi connectivity index (χ2v) is 15.0. The fraction of sp³-hybridized carbons (Fsp3) is 0.889. The molecule has 0 aromatic heterocycles. The first kappa shape index (κ1) is 44.8. The smallest absolute Gasteiger partial charge is 0.306 e. The van der Waals surface area contributed by atoms with Crippen LogP contribution in [0.25, 0.3) is 0 Å². The maximum Gasteiger partial charge on any atom is 0.306 e. The lowest BCUT2D eigenvalue weighted by atomic mass is 10.1. The highest BCUT2D eigenvalue weighted by Crippen LogP contribution is 2.38. The molecule has 0 spiro atoms. The number of phosphoric ester groups is 1. The molecule has 9 nitrogen and oxygen atoms in total. The summed E-state index contributed by atoms with van der Waals surface area (Å²) in [5, 5.41) is 0. The van der Waals surface area contributed by atoms with Crippen molar-refractivity contribution in [1.82, 2.24) is 0 Å². The first-order valence-electron chi connectivity index (χ1n) is 18.4. The highest BCUT2D eigenvalue weighted by molar-refractivity contribution is 7.45. The molecule has 0 bridgehead atoms. The Hall–Kier alpha value is -1.25. The number of nitrogens with zero attached hydrogens (tertiary/aromatic N) is 1. The monoisotopic (exact) mass is 675 g/mol. The van der Waals surface area contributed by atoms with Gasteiger partial charge in [-0.2, -0.15) is 0 Å². The summed E-state index contributed by atoms with van der Waals surface area (Å²) < 4.78 is 33.6. The van der Waals surface area contributed by atoms with Crippen molar-refractivity contribution in [3.63, 3.8) is 0 Å². The number of carbonyl (C=O) groups excluding carboxylic acids is 2. The lowest BCUT2D eigenvalue weighted by Crippen LogP contribution is -2.37. The van der Waals surface area contributed by atoms with Gasteiger partial charge in [0.2, 0.25) is 0 Å². The molecule has 0 radical (unpaired) electrons. The molecule has 0 N–H and O–H groups in total. The van der Waals surface area contributed by atoms with Gasteiger partial charge in [-0.1, -0.05) is 122 Å². The van der Waals surface area contributed by atoms with Gasteiger partial charge in [0.25, 0.3) is 7.82 Å². The van der Waals surface area contributed by atoms with Crippen LogP contribution in [0.2, 0.25) is 0 Å². The van der Waals surface area contributed by atoms with Gasteiger partial charge in [0.1, 0.15) is 19.8 Å². The van der Waals surface area contributed by atoms with E-state index in [1.165, 1.54) is 64.2 Å². The van der Waals surface area contributed by atoms with Crippen LogP contribution in [-0.2, 0) is 32.7 Å². The number of hydrogen-bond acceptors (Lipinski definition) is 8. The standard InChI is InChI=1S/C36H70NO8P/c1-6-8-10-12-14-16-18-20-22-24-26-28-35(38)42-32-34(33-44-46(40,41)43-31-30-37(3,4)5)45-36(39)29-27-25-23-21-19-17-15-13-11-9-7-2/h13,15,34H,6-12,14,16-33H2,1-5H3/b15-13+/t34-/m1/s1. The normalized spacial score (nSPS) is 14.0. The molecule has 0 saturated carbocycles. The minimum atomic E-state index is -4.61. The van der Waals surface area contributed by atoms with Crippen LogP contribution in [0, 0.1) is 0 Å². The average molecular weight is 676 g/mol. The average Bonchev–Trinajstić information content (AvgIpc) is 2.99. The zero-order valence-electron chi connectivity index (χ0n) is 30.3. The third kappa shape index (κ3) is 32.7. The summed E-state index contributed by atoms with van der Waals surface area (Å²) in [4.78, 5) is 37.2. The molecule has 0 rings (SSSR count). The van der Waals surface area contributed by atoms with Crippen LogP contribution in [-0.4, -0.2) is 70.0 Å². The Labute approximate surface area is 282 Å². The molecule has 46 heavy (non-hydrogen) atoms. The Bertz CT molecular complexity index is 814. The lowest BCUT2D eigenvalue weighted by molar-refractivity contribution is -0.870. The second-order valence-electron chi connectivity index (χ2n) is 13.6. The summed E-state index contributed by atoms with van der Waals surface area (Å²) in [6.45, 7) is 4.15. The molecule has 0 fully saturated rings. The van der Waals surface area contributed by atoms with Crippen molar-refractivity contribution in [2.75, 3.05) is 47.5 Å². The molecule has 0 aromatic rings. The molecule has 0 aliphatic rings. The number of rotatable bonds is 33. The number of allylic oxidation sites excluding steroid dienone is 2. The summed E-state index contributed by atoms with van der Waals surface area (Å²) in [7, 11) is 1.16. The number of ether oxygens (including phenoxy) is 2. The summed E-state index contributed by atoms with van der Waals surface area (Å²) in [6, 6.07) is 0. The molecular weight excluding hydrogens is 605 g/mol. The molecule has 0 amide bonds. The van der Waals surface area contributed by atoms with E-state index in [0.29, 0.717) is 17.4 Å². The number of likely N-dealkylation sites (N-methyl/N-ethyl adjacent to an activating group) is 1. The summed E-state index contributed by atoms with van der Waals surface area (Å²) in [5.41, 5.74) is 0. The van der Waals surface area contributed by atoms with Gasteiger partial charge in [0, 0.05) is 12.8 Å². The van der Waals surface area contributed by atoms with E-state index in [-0.39, 0.29) is 32.0 Å². The van der Waals surface area contributed by atoms with Crippen molar-refractivity contribution in [3.05, 3.63) is 12.2 Å². The number of carbonyl (C=O) groups is 2. The van der Waals surface area contributed by atoms with E-state index in [1.54, 1.807) is 0 Å². The first-order valence-corrected chi connectivity index (χ1v) is 19.9. The first-order chi connectivity index (χ1) is 22.0. The van der Waals surface area contributed by atoms with E-state index in [4.69, 9.17) is 18.5 Å². The molecule has 0 aliphatic carbocycles. The van der Waals surface area contributed by atoms with Crippen LogP contribution in [0.3, 0.4) is 0 Å².